The molecule has 0 fully saturated rings. The van der Waals surface area contributed by atoms with E-state index in [2.05, 4.69) is 21.1 Å². The molecule has 0 heterocycles. The smallest absolute Gasteiger partial charge is 0.116 e. The second-order valence-electron chi connectivity index (χ2n) is 4.78. The maximum absolute atomic E-state index is 9.05. The molecule has 0 saturated carbocycles. The highest BCUT2D eigenvalue weighted by Gasteiger charge is 2.13. The summed E-state index contributed by atoms with van der Waals surface area (Å²) in [7, 11) is 12.3. The molecule has 0 spiro atoms. The average molecular weight is 284 g/mol. The van der Waals surface area contributed by atoms with Gasteiger partial charge in [-0.05, 0) is 0 Å². The normalized spacial score (nSPS) is 11.8. The molecule has 0 aromatic carbocycles. The van der Waals surface area contributed by atoms with E-state index in [1.165, 1.54) is 4.90 Å². The molecule has 0 saturated heterocycles. The summed E-state index contributed by atoms with van der Waals surface area (Å²) in [4.78, 5) is 1.42. The largest absolute Gasteiger partial charge is 1.00 e. The number of alkyl halides is 1. The number of likely N-dealkylation sites (N-methyl/N-ethyl adjacent to an activating group) is 1. The molecule has 6 heteroatoms. The second-order valence-corrected chi connectivity index (χ2v) is 5.09. The molecule has 0 aliphatic carbocycles. The van der Waals surface area contributed by atoms with Crippen LogP contribution >= 0.6 is 11.6 Å². The van der Waals surface area contributed by atoms with Crippen LogP contribution < -0.4 is 29.7 Å². The van der Waals surface area contributed by atoms with Crippen LogP contribution in [0.25, 0.3) is 0 Å². The lowest BCUT2D eigenvalue weighted by atomic mass is 10.3. The third kappa shape index (κ3) is 39.9. The molecule has 3 nitrogen and oxygen atoms in total. The topological polar surface area (TPSA) is 24.7 Å². The van der Waals surface area contributed by atoms with Gasteiger partial charge in [0.25, 0.3) is 0 Å². The molecule has 15 heavy (non-hydrogen) atoms. The number of aliphatic hydroxyl groups excluding tert-OH is 1. The van der Waals surface area contributed by atoms with Crippen LogP contribution in [-0.4, -0.2) is 70.4 Å². The SMILES string of the molecule is C[N+](C)(C)CC(O)CCl.C[NH+](C)C.[Cl-].[Cl-]. The molecule has 98 valence electrons. The summed E-state index contributed by atoms with van der Waals surface area (Å²) in [5.41, 5.74) is 0. The average Bonchev–Trinajstić information content (AvgIpc) is 1.82. The monoisotopic (exact) mass is 282 g/mol. The molecule has 1 unspecified atom stereocenters. The van der Waals surface area contributed by atoms with Crippen LogP contribution in [0.4, 0.5) is 0 Å². The number of rotatable bonds is 3. The Morgan fingerprint density at radius 2 is 1.40 bits per heavy atom. The van der Waals surface area contributed by atoms with E-state index in [0.29, 0.717) is 12.4 Å². The van der Waals surface area contributed by atoms with Crippen molar-refractivity contribution in [1.29, 1.82) is 0 Å². The molecule has 0 rings (SSSR count). The fraction of sp³-hybridized carbons (Fsp3) is 1.00. The standard InChI is InChI=1S/C6H15ClNO.C3H9N.2ClH/c1-8(2,3)5-6(9)4-7;1-4(2)3;;/h6,9H,4-5H2,1-3H3;1-3H3;2*1H/q+1;;;/p-1. The first-order valence-electron chi connectivity index (χ1n) is 4.50. The van der Waals surface area contributed by atoms with Crippen molar-refractivity contribution in [2.24, 2.45) is 0 Å². The predicted molar refractivity (Wildman–Crippen MR) is 58.4 cm³/mol. The van der Waals surface area contributed by atoms with Gasteiger partial charge in [-0.2, -0.15) is 0 Å². The van der Waals surface area contributed by atoms with Crippen molar-refractivity contribution in [1.82, 2.24) is 0 Å². The Morgan fingerprint density at radius 3 is 1.47 bits per heavy atom. The van der Waals surface area contributed by atoms with Gasteiger partial charge in [0, 0.05) is 0 Å². The first kappa shape index (κ1) is 24.8. The Kier molecular flexibility index (Phi) is 21.2. The number of nitrogens with zero attached hydrogens (tertiary/aromatic N) is 1. The highest BCUT2D eigenvalue weighted by molar-refractivity contribution is 6.18. The Hall–Kier alpha value is 0.750. The van der Waals surface area contributed by atoms with Gasteiger partial charge in [0.05, 0.1) is 48.2 Å². The lowest BCUT2D eigenvalue weighted by Crippen LogP contribution is -3.02. The number of hydrogen-bond acceptors (Lipinski definition) is 1. The van der Waals surface area contributed by atoms with Gasteiger partial charge < -0.3 is 39.3 Å². The van der Waals surface area contributed by atoms with E-state index in [0.717, 1.165) is 4.48 Å². The van der Waals surface area contributed by atoms with Crippen LogP contribution in [0.2, 0.25) is 0 Å². The number of hydrogen-bond donors (Lipinski definition) is 2. The highest BCUT2D eigenvalue weighted by atomic mass is 35.5. The van der Waals surface area contributed by atoms with E-state index in [1.807, 2.05) is 21.1 Å². The second kappa shape index (κ2) is 12.8. The molecule has 0 aliphatic rings. The zero-order chi connectivity index (χ0) is 11.1. The van der Waals surface area contributed by atoms with Crippen LogP contribution in [0.3, 0.4) is 0 Å². The van der Waals surface area contributed by atoms with Gasteiger partial charge in [0.15, 0.2) is 0 Å². The summed E-state index contributed by atoms with van der Waals surface area (Å²) in [6.45, 7) is 0.712. The van der Waals surface area contributed by atoms with Crippen LogP contribution in [-0.2, 0) is 0 Å². The van der Waals surface area contributed by atoms with Crippen LogP contribution in [0, 0.1) is 0 Å². The molecule has 0 aromatic heterocycles. The van der Waals surface area contributed by atoms with Crippen molar-refractivity contribution in [3.8, 4) is 0 Å². The summed E-state index contributed by atoms with van der Waals surface area (Å²) in [5.74, 6) is 0.329. The van der Waals surface area contributed by atoms with Gasteiger partial charge >= 0.3 is 0 Å². The zero-order valence-electron chi connectivity index (χ0n) is 10.5. The van der Waals surface area contributed by atoms with Gasteiger partial charge in [-0.25, -0.2) is 0 Å². The molecule has 0 bridgehead atoms. The number of halogens is 3. The minimum atomic E-state index is -0.369. The number of aliphatic hydroxyl groups is 1. The summed E-state index contributed by atoms with van der Waals surface area (Å²) < 4.78 is 0.758. The lowest BCUT2D eigenvalue weighted by Gasteiger charge is -2.25. The van der Waals surface area contributed by atoms with Crippen molar-refractivity contribution in [3.63, 3.8) is 0 Å². The molecular weight excluding hydrogens is 258 g/mol. The van der Waals surface area contributed by atoms with Crippen molar-refractivity contribution in [2.45, 2.75) is 6.10 Å². The summed E-state index contributed by atoms with van der Waals surface area (Å²) in [6, 6.07) is 0. The third-order valence-electron chi connectivity index (χ3n) is 0.937. The van der Waals surface area contributed by atoms with Crippen LogP contribution in [0.15, 0.2) is 0 Å². The zero-order valence-corrected chi connectivity index (χ0v) is 12.8. The van der Waals surface area contributed by atoms with Crippen molar-refractivity contribution in [3.05, 3.63) is 0 Å². The van der Waals surface area contributed by atoms with Gasteiger partial charge in [-0.1, -0.05) is 0 Å². The molecule has 1 atom stereocenters. The first-order chi connectivity index (χ1) is 5.69. The maximum atomic E-state index is 9.05. The van der Waals surface area contributed by atoms with E-state index in [-0.39, 0.29) is 30.9 Å². The minimum Gasteiger partial charge on any atom is -1.00 e. The van der Waals surface area contributed by atoms with Crippen molar-refractivity contribution in [2.75, 3.05) is 54.7 Å². The van der Waals surface area contributed by atoms with Gasteiger partial charge in [0.1, 0.15) is 12.6 Å². The summed E-state index contributed by atoms with van der Waals surface area (Å²) in [5, 5.41) is 9.05. The number of quaternary nitrogens is 2. The highest BCUT2D eigenvalue weighted by Crippen LogP contribution is 1.95. The minimum absolute atomic E-state index is 0. The van der Waals surface area contributed by atoms with Gasteiger partial charge in [-0.3, -0.25) is 0 Å². The lowest BCUT2D eigenvalue weighted by molar-refractivity contribution is -0.873. The van der Waals surface area contributed by atoms with Gasteiger partial charge in [0.2, 0.25) is 0 Å². The van der Waals surface area contributed by atoms with Crippen LogP contribution in [0.5, 0.6) is 0 Å². The van der Waals surface area contributed by atoms with E-state index in [4.69, 9.17) is 16.7 Å². The summed E-state index contributed by atoms with van der Waals surface area (Å²) >= 11 is 5.40. The van der Waals surface area contributed by atoms with E-state index < -0.39 is 0 Å². The van der Waals surface area contributed by atoms with Crippen LogP contribution in [0.1, 0.15) is 0 Å². The predicted octanol–water partition coefficient (Wildman–Crippen LogP) is -6.94. The Labute approximate surface area is 112 Å². The quantitative estimate of drug-likeness (QED) is 0.391. The molecule has 0 aliphatic heterocycles. The fourth-order valence-electron chi connectivity index (χ4n) is 0.681. The molecule has 0 radical (unpaired) electrons. The first-order valence-corrected chi connectivity index (χ1v) is 5.03. The maximum Gasteiger partial charge on any atom is 0.116 e. The Balaban J connectivity index is -0.0000000883. The van der Waals surface area contributed by atoms with Crippen molar-refractivity contribution >= 4 is 11.6 Å². The summed E-state index contributed by atoms with van der Waals surface area (Å²) in [6.07, 6.45) is -0.369. The number of nitrogens with one attached hydrogen (secondary N) is 1. The molecular formula is C9H25Cl3N2O. The molecule has 2 N–H and O–H groups in total. The van der Waals surface area contributed by atoms with Gasteiger partial charge in [-0.15, -0.1) is 11.6 Å². The molecule has 0 aromatic rings. The Morgan fingerprint density at radius 1 is 1.13 bits per heavy atom. The Bertz CT molecular complexity index is 116. The fourth-order valence-corrected chi connectivity index (χ4v) is 0.779. The molecule has 0 amide bonds. The van der Waals surface area contributed by atoms with Crippen molar-refractivity contribution < 1.29 is 39.3 Å². The van der Waals surface area contributed by atoms with E-state index in [9.17, 15) is 0 Å². The van der Waals surface area contributed by atoms with E-state index >= 15 is 0 Å². The van der Waals surface area contributed by atoms with E-state index in [1.54, 1.807) is 0 Å². The third-order valence-corrected chi connectivity index (χ3v) is 1.29.